The predicted octanol–water partition coefficient (Wildman–Crippen LogP) is 2.61. The largest absolute Gasteiger partial charge is 0.497 e. The number of nitrogens with zero attached hydrogens (tertiary/aromatic N) is 1. The lowest BCUT2D eigenvalue weighted by atomic mass is 10.0. The molecule has 1 heterocycles. The molecule has 1 aliphatic heterocycles. The standard InChI is InChI=1S/C16H21NO2/c1-19-15-7-3-4-12(8-15)16(18)11-17-9-13-5-2-6-14(13)10-17/h3-4,7-8,13-14H,2,5-6,9-11H2,1H3. The molecule has 2 fully saturated rings. The number of carbonyl (C=O) groups excluding carboxylic acids is 1. The molecule has 102 valence electrons. The third-order valence-electron chi connectivity index (χ3n) is 4.56. The molecule has 0 bridgehead atoms. The summed E-state index contributed by atoms with van der Waals surface area (Å²) in [5.74, 6) is 2.65. The summed E-state index contributed by atoms with van der Waals surface area (Å²) < 4.78 is 5.17. The summed E-state index contributed by atoms with van der Waals surface area (Å²) in [5.41, 5.74) is 0.761. The van der Waals surface area contributed by atoms with Gasteiger partial charge in [0.15, 0.2) is 5.78 Å². The van der Waals surface area contributed by atoms with Crippen molar-refractivity contribution >= 4 is 5.78 Å². The maximum absolute atomic E-state index is 12.3. The second-order valence-corrected chi connectivity index (χ2v) is 5.80. The Bertz CT molecular complexity index is 460. The molecule has 19 heavy (non-hydrogen) atoms. The molecule has 2 aliphatic rings. The summed E-state index contributed by atoms with van der Waals surface area (Å²) in [4.78, 5) is 14.6. The van der Waals surface area contributed by atoms with Gasteiger partial charge in [0.1, 0.15) is 5.75 Å². The Morgan fingerprint density at radius 1 is 1.32 bits per heavy atom. The minimum atomic E-state index is 0.207. The van der Waals surface area contributed by atoms with Crippen LogP contribution < -0.4 is 4.74 Å². The first kappa shape index (κ1) is 12.7. The molecular formula is C16H21NO2. The third-order valence-corrected chi connectivity index (χ3v) is 4.56. The first-order chi connectivity index (χ1) is 9.26. The molecule has 1 saturated carbocycles. The summed E-state index contributed by atoms with van der Waals surface area (Å²) in [7, 11) is 1.63. The quantitative estimate of drug-likeness (QED) is 0.778. The molecule has 0 spiro atoms. The topological polar surface area (TPSA) is 29.5 Å². The molecule has 1 aliphatic carbocycles. The zero-order valence-electron chi connectivity index (χ0n) is 11.5. The summed E-state index contributed by atoms with van der Waals surface area (Å²) in [6.45, 7) is 2.78. The van der Waals surface area contributed by atoms with Gasteiger partial charge in [-0.3, -0.25) is 9.69 Å². The van der Waals surface area contributed by atoms with Gasteiger partial charge in [-0.15, -0.1) is 0 Å². The third kappa shape index (κ3) is 2.66. The smallest absolute Gasteiger partial charge is 0.176 e. The van der Waals surface area contributed by atoms with E-state index in [0.29, 0.717) is 6.54 Å². The average Bonchev–Trinajstić information content (AvgIpc) is 2.99. The lowest BCUT2D eigenvalue weighted by molar-refractivity contribution is 0.0940. The number of Topliss-reactive ketones (excluding diaryl/α,β-unsaturated/α-hetero) is 1. The number of fused-ring (bicyclic) bond motifs is 1. The van der Waals surface area contributed by atoms with Gasteiger partial charge in [0.25, 0.3) is 0 Å². The van der Waals surface area contributed by atoms with Gasteiger partial charge >= 0.3 is 0 Å². The van der Waals surface area contributed by atoms with E-state index in [1.54, 1.807) is 7.11 Å². The van der Waals surface area contributed by atoms with Crippen molar-refractivity contribution in [2.24, 2.45) is 11.8 Å². The van der Waals surface area contributed by atoms with E-state index < -0.39 is 0 Å². The molecular weight excluding hydrogens is 238 g/mol. The van der Waals surface area contributed by atoms with Gasteiger partial charge in [-0.05, 0) is 36.8 Å². The van der Waals surface area contributed by atoms with E-state index in [-0.39, 0.29) is 5.78 Å². The van der Waals surface area contributed by atoms with Gasteiger partial charge in [0.2, 0.25) is 0 Å². The highest BCUT2D eigenvalue weighted by Crippen LogP contribution is 2.37. The average molecular weight is 259 g/mol. The Morgan fingerprint density at radius 3 is 2.74 bits per heavy atom. The van der Waals surface area contributed by atoms with Gasteiger partial charge in [0, 0.05) is 18.7 Å². The molecule has 2 unspecified atom stereocenters. The van der Waals surface area contributed by atoms with Gasteiger partial charge in [0.05, 0.1) is 13.7 Å². The van der Waals surface area contributed by atoms with Crippen LogP contribution in [0.15, 0.2) is 24.3 Å². The van der Waals surface area contributed by atoms with Crippen LogP contribution in [0, 0.1) is 11.8 Å². The number of hydrogen-bond acceptors (Lipinski definition) is 3. The zero-order valence-corrected chi connectivity index (χ0v) is 11.5. The minimum absolute atomic E-state index is 0.207. The zero-order chi connectivity index (χ0) is 13.2. The number of ether oxygens (including phenoxy) is 1. The molecule has 0 amide bonds. The van der Waals surface area contributed by atoms with E-state index in [0.717, 1.165) is 36.2 Å². The molecule has 3 nitrogen and oxygen atoms in total. The summed E-state index contributed by atoms with van der Waals surface area (Å²) in [6, 6.07) is 7.46. The van der Waals surface area contributed by atoms with Gasteiger partial charge in [-0.1, -0.05) is 18.6 Å². The first-order valence-corrected chi connectivity index (χ1v) is 7.16. The number of carbonyl (C=O) groups is 1. The van der Waals surface area contributed by atoms with E-state index >= 15 is 0 Å². The fourth-order valence-corrected chi connectivity index (χ4v) is 3.55. The monoisotopic (exact) mass is 259 g/mol. The van der Waals surface area contributed by atoms with Gasteiger partial charge in [-0.2, -0.15) is 0 Å². The van der Waals surface area contributed by atoms with Crippen LogP contribution in [0.3, 0.4) is 0 Å². The number of likely N-dealkylation sites (tertiary alicyclic amines) is 1. The SMILES string of the molecule is COc1cccc(C(=O)CN2CC3CCCC3C2)c1. The maximum Gasteiger partial charge on any atom is 0.176 e. The molecule has 1 saturated heterocycles. The number of benzene rings is 1. The maximum atomic E-state index is 12.3. The number of hydrogen-bond donors (Lipinski definition) is 0. The molecule has 1 aromatic carbocycles. The van der Waals surface area contributed by atoms with Crippen molar-refractivity contribution in [3.8, 4) is 5.75 Å². The van der Waals surface area contributed by atoms with Crippen molar-refractivity contribution < 1.29 is 9.53 Å². The van der Waals surface area contributed by atoms with Crippen LogP contribution in [-0.4, -0.2) is 37.4 Å². The van der Waals surface area contributed by atoms with E-state index in [2.05, 4.69) is 4.90 Å². The summed E-state index contributed by atoms with van der Waals surface area (Å²) in [5, 5.41) is 0. The molecule has 0 radical (unpaired) electrons. The fraction of sp³-hybridized carbons (Fsp3) is 0.562. The lowest BCUT2D eigenvalue weighted by Gasteiger charge is -2.15. The highest BCUT2D eigenvalue weighted by molar-refractivity contribution is 5.97. The van der Waals surface area contributed by atoms with Gasteiger partial charge in [-0.25, -0.2) is 0 Å². The number of rotatable bonds is 4. The molecule has 3 rings (SSSR count). The molecule has 0 N–H and O–H groups in total. The highest BCUT2D eigenvalue weighted by atomic mass is 16.5. The van der Waals surface area contributed by atoms with Gasteiger partial charge < -0.3 is 4.74 Å². The minimum Gasteiger partial charge on any atom is -0.497 e. The first-order valence-electron chi connectivity index (χ1n) is 7.16. The van der Waals surface area contributed by atoms with Crippen LogP contribution in [-0.2, 0) is 0 Å². The summed E-state index contributed by atoms with van der Waals surface area (Å²) in [6.07, 6.45) is 4.09. The van der Waals surface area contributed by atoms with Crippen molar-refractivity contribution in [3.05, 3.63) is 29.8 Å². The predicted molar refractivity (Wildman–Crippen MR) is 74.6 cm³/mol. The van der Waals surface area contributed by atoms with Crippen molar-refractivity contribution in [3.63, 3.8) is 0 Å². The number of ketones is 1. The Morgan fingerprint density at radius 2 is 2.05 bits per heavy atom. The van der Waals surface area contributed by atoms with Crippen LogP contribution in [0.4, 0.5) is 0 Å². The van der Waals surface area contributed by atoms with Crippen LogP contribution in [0.5, 0.6) is 5.75 Å². The molecule has 1 aromatic rings. The highest BCUT2D eigenvalue weighted by Gasteiger charge is 2.36. The summed E-state index contributed by atoms with van der Waals surface area (Å²) >= 11 is 0. The van der Waals surface area contributed by atoms with Crippen molar-refractivity contribution in [1.82, 2.24) is 4.90 Å². The molecule has 3 heteroatoms. The molecule has 2 atom stereocenters. The van der Waals surface area contributed by atoms with Crippen LogP contribution in [0.25, 0.3) is 0 Å². The normalized spacial score (nSPS) is 26.4. The van der Waals surface area contributed by atoms with Crippen LogP contribution >= 0.6 is 0 Å². The van der Waals surface area contributed by atoms with Crippen LogP contribution in [0.1, 0.15) is 29.6 Å². The molecule has 0 aromatic heterocycles. The second kappa shape index (κ2) is 5.33. The van der Waals surface area contributed by atoms with E-state index in [1.807, 2.05) is 24.3 Å². The Hall–Kier alpha value is -1.35. The van der Waals surface area contributed by atoms with Crippen molar-refractivity contribution in [2.75, 3.05) is 26.7 Å². The number of methoxy groups -OCH3 is 1. The fourth-order valence-electron chi connectivity index (χ4n) is 3.55. The van der Waals surface area contributed by atoms with E-state index in [9.17, 15) is 4.79 Å². The van der Waals surface area contributed by atoms with E-state index in [4.69, 9.17) is 4.74 Å². The van der Waals surface area contributed by atoms with Crippen molar-refractivity contribution in [1.29, 1.82) is 0 Å². The Kier molecular flexibility index (Phi) is 3.56. The Labute approximate surface area is 114 Å². The van der Waals surface area contributed by atoms with E-state index in [1.165, 1.54) is 19.3 Å². The second-order valence-electron chi connectivity index (χ2n) is 5.80. The lowest BCUT2D eigenvalue weighted by Crippen LogP contribution is -2.28. The Balaban J connectivity index is 1.62. The van der Waals surface area contributed by atoms with Crippen molar-refractivity contribution in [2.45, 2.75) is 19.3 Å². The van der Waals surface area contributed by atoms with Crippen LogP contribution in [0.2, 0.25) is 0 Å².